The molecule has 1 amide bonds. The van der Waals surface area contributed by atoms with Crippen LogP contribution in [0.15, 0.2) is 24.3 Å². The molecular weight excluding hydrogens is 260 g/mol. The quantitative estimate of drug-likeness (QED) is 0.879. The van der Waals surface area contributed by atoms with Gasteiger partial charge in [0, 0.05) is 18.1 Å². The number of nitrogens with one attached hydrogen (secondary N) is 2. The van der Waals surface area contributed by atoms with Crippen molar-refractivity contribution < 1.29 is 9.53 Å². The number of hydrogen-bond donors (Lipinski definition) is 2. The molecule has 0 radical (unpaired) electrons. The van der Waals surface area contributed by atoms with Crippen molar-refractivity contribution in [2.75, 3.05) is 25.2 Å². The van der Waals surface area contributed by atoms with Crippen molar-refractivity contribution in [3.05, 3.63) is 29.8 Å². The molecule has 1 aliphatic rings. The molecule has 1 saturated heterocycles. The van der Waals surface area contributed by atoms with Crippen molar-refractivity contribution in [2.45, 2.75) is 19.0 Å². The lowest BCUT2D eigenvalue weighted by Gasteiger charge is -2.24. The number of ether oxygens (including phenoxy) is 1. The van der Waals surface area contributed by atoms with Gasteiger partial charge in [0.1, 0.15) is 5.75 Å². The van der Waals surface area contributed by atoms with Gasteiger partial charge in [0.15, 0.2) is 0 Å². The molecule has 0 bridgehead atoms. The number of carbonyl (C=O) groups excluding carboxylic acids is 1. The normalized spacial score (nSPS) is 20.6. The monoisotopic (exact) mass is 280 g/mol. The Morgan fingerprint density at radius 1 is 1.47 bits per heavy atom. The molecule has 104 valence electrons. The molecule has 1 unspecified atom stereocenters. The second kappa shape index (κ2) is 6.82. The van der Waals surface area contributed by atoms with Crippen LogP contribution in [0.3, 0.4) is 0 Å². The van der Waals surface area contributed by atoms with E-state index in [1.165, 1.54) is 0 Å². The van der Waals surface area contributed by atoms with Crippen LogP contribution in [0.2, 0.25) is 0 Å². The van der Waals surface area contributed by atoms with Gasteiger partial charge < -0.3 is 15.4 Å². The number of amides is 1. The van der Waals surface area contributed by atoms with Crippen LogP contribution in [0.25, 0.3) is 0 Å². The van der Waals surface area contributed by atoms with Crippen molar-refractivity contribution in [1.82, 2.24) is 10.6 Å². The average molecular weight is 280 g/mol. The summed E-state index contributed by atoms with van der Waals surface area (Å²) in [4.78, 5) is 12.1. The maximum Gasteiger partial charge on any atom is 0.238 e. The number of thioether (sulfide) groups is 1. The van der Waals surface area contributed by atoms with Gasteiger partial charge >= 0.3 is 0 Å². The van der Waals surface area contributed by atoms with Crippen LogP contribution in [0, 0.1) is 0 Å². The van der Waals surface area contributed by atoms with Crippen LogP contribution in [0.1, 0.15) is 18.5 Å². The minimum absolute atomic E-state index is 0.00660. The Balaban J connectivity index is 1.91. The maximum absolute atomic E-state index is 12.1. The molecule has 2 atom stereocenters. The van der Waals surface area contributed by atoms with Crippen LogP contribution in [0.5, 0.6) is 5.75 Å². The van der Waals surface area contributed by atoms with E-state index in [-0.39, 0.29) is 18.0 Å². The highest BCUT2D eigenvalue weighted by atomic mass is 32.2. The largest absolute Gasteiger partial charge is 0.497 e. The van der Waals surface area contributed by atoms with Crippen molar-refractivity contribution in [2.24, 2.45) is 0 Å². The first-order valence-corrected chi connectivity index (χ1v) is 7.61. The Labute approximate surface area is 118 Å². The SMILES string of the molecule is COc1ccc([C@H](C)NC(=O)C2CSCCN2)cc1. The highest BCUT2D eigenvalue weighted by Gasteiger charge is 2.22. The molecule has 4 nitrogen and oxygen atoms in total. The fourth-order valence-corrected chi connectivity index (χ4v) is 2.96. The number of benzene rings is 1. The molecule has 1 fully saturated rings. The molecular formula is C14H20N2O2S. The Morgan fingerprint density at radius 3 is 2.79 bits per heavy atom. The summed E-state index contributed by atoms with van der Waals surface area (Å²) in [5.41, 5.74) is 1.08. The van der Waals surface area contributed by atoms with Gasteiger partial charge in [0.25, 0.3) is 0 Å². The summed E-state index contributed by atoms with van der Waals surface area (Å²) in [6, 6.07) is 7.71. The fourth-order valence-electron chi connectivity index (χ4n) is 2.02. The zero-order valence-electron chi connectivity index (χ0n) is 11.3. The second-order valence-electron chi connectivity index (χ2n) is 4.59. The van der Waals surface area contributed by atoms with Gasteiger partial charge in [-0.05, 0) is 24.6 Å². The summed E-state index contributed by atoms with van der Waals surface area (Å²) in [5.74, 6) is 2.84. The summed E-state index contributed by atoms with van der Waals surface area (Å²) >= 11 is 1.82. The summed E-state index contributed by atoms with van der Waals surface area (Å²) in [6.45, 7) is 2.90. The topological polar surface area (TPSA) is 50.4 Å². The van der Waals surface area contributed by atoms with E-state index in [2.05, 4.69) is 10.6 Å². The highest BCUT2D eigenvalue weighted by molar-refractivity contribution is 7.99. The van der Waals surface area contributed by atoms with E-state index in [1.54, 1.807) is 7.11 Å². The second-order valence-corrected chi connectivity index (χ2v) is 5.73. The Morgan fingerprint density at radius 2 is 2.21 bits per heavy atom. The molecule has 0 saturated carbocycles. The number of carbonyl (C=O) groups is 1. The molecule has 19 heavy (non-hydrogen) atoms. The van der Waals surface area contributed by atoms with Gasteiger partial charge in [-0.15, -0.1) is 0 Å². The van der Waals surface area contributed by atoms with Crippen molar-refractivity contribution >= 4 is 17.7 Å². The van der Waals surface area contributed by atoms with Crippen molar-refractivity contribution in [3.8, 4) is 5.75 Å². The molecule has 0 spiro atoms. The van der Waals surface area contributed by atoms with Crippen molar-refractivity contribution in [3.63, 3.8) is 0 Å². The third-order valence-electron chi connectivity index (χ3n) is 3.21. The van der Waals surface area contributed by atoms with Crippen LogP contribution < -0.4 is 15.4 Å². The summed E-state index contributed by atoms with van der Waals surface area (Å²) in [7, 11) is 1.65. The van der Waals surface area contributed by atoms with Gasteiger partial charge in [0.05, 0.1) is 19.2 Å². The zero-order chi connectivity index (χ0) is 13.7. The Bertz CT molecular complexity index is 416. The minimum atomic E-state index is -0.0700. The van der Waals surface area contributed by atoms with Gasteiger partial charge in [-0.3, -0.25) is 4.79 Å². The zero-order valence-corrected chi connectivity index (χ0v) is 12.1. The molecule has 1 aliphatic heterocycles. The first-order valence-electron chi connectivity index (χ1n) is 6.46. The van der Waals surface area contributed by atoms with Gasteiger partial charge in [-0.2, -0.15) is 11.8 Å². The fraction of sp³-hybridized carbons (Fsp3) is 0.500. The maximum atomic E-state index is 12.1. The number of hydrogen-bond acceptors (Lipinski definition) is 4. The lowest BCUT2D eigenvalue weighted by atomic mass is 10.1. The minimum Gasteiger partial charge on any atom is -0.497 e. The van der Waals surface area contributed by atoms with Gasteiger partial charge in [-0.1, -0.05) is 12.1 Å². The van der Waals surface area contributed by atoms with Crippen LogP contribution in [-0.4, -0.2) is 37.1 Å². The van der Waals surface area contributed by atoms with E-state index < -0.39 is 0 Å². The lowest BCUT2D eigenvalue weighted by Crippen LogP contribution is -2.49. The van der Waals surface area contributed by atoms with E-state index >= 15 is 0 Å². The third-order valence-corrected chi connectivity index (χ3v) is 4.27. The van der Waals surface area contributed by atoms with Crippen LogP contribution in [0.4, 0.5) is 0 Å². The molecule has 1 heterocycles. The van der Waals surface area contributed by atoms with Gasteiger partial charge in [0.2, 0.25) is 5.91 Å². The molecule has 2 N–H and O–H groups in total. The number of methoxy groups -OCH3 is 1. The standard InChI is InChI=1S/C14H20N2O2S/c1-10(11-3-5-12(18-2)6-4-11)16-14(17)13-9-19-8-7-15-13/h3-6,10,13,15H,7-9H2,1-2H3,(H,16,17)/t10-,13?/m0/s1. The number of rotatable bonds is 4. The van der Waals surface area contributed by atoms with Crippen LogP contribution in [-0.2, 0) is 4.79 Å². The van der Waals surface area contributed by atoms with E-state index in [9.17, 15) is 4.79 Å². The predicted octanol–water partition coefficient (Wildman–Crippen LogP) is 1.58. The van der Waals surface area contributed by atoms with Crippen molar-refractivity contribution in [1.29, 1.82) is 0 Å². The van der Waals surface area contributed by atoms with Gasteiger partial charge in [-0.25, -0.2) is 0 Å². The molecule has 0 aliphatic carbocycles. The average Bonchev–Trinajstić information content (AvgIpc) is 2.48. The van der Waals surface area contributed by atoms with E-state index in [1.807, 2.05) is 43.0 Å². The molecule has 2 rings (SSSR count). The highest BCUT2D eigenvalue weighted by Crippen LogP contribution is 2.17. The summed E-state index contributed by atoms with van der Waals surface area (Å²) < 4.78 is 5.13. The molecule has 0 aromatic heterocycles. The summed E-state index contributed by atoms with van der Waals surface area (Å²) in [6.07, 6.45) is 0. The first-order chi connectivity index (χ1) is 9.20. The lowest BCUT2D eigenvalue weighted by molar-refractivity contribution is -0.123. The van der Waals surface area contributed by atoms with E-state index in [4.69, 9.17) is 4.74 Å². The Kier molecular flexibility index (Phi) is 5.10. The smallest absolute Gasteiger partial charge is 0.238 e. The third kappa shape index (κ3) is 3.88. The molecule has 1 aromatic carbocycles. The first kappa shape index (κ1) is 14.2. The predicted molar refractivity (Wildman–Crippen MR) is 78.7 cm³/mol. The Hall–Kier alpha value is -1.20. The van der Waals surface area contributed by atoms with Crippen LogP contribution >= 0.6 is 11.8 Å². The molecule has 5 heteroatoms. The summed E-state index contributed by atoms with van der Waals surface area (Å²) in [5, 5.41) is 6.29. The molecule has 1 aromatic rings. The van der Waals surface area contributed by atoms with E-state index in [0.717, 1.165) is 29.4 Å². The van der Waals surface area contributed by atoms with E-state index in [0.29, 0.717) is 0 Å².